The van der Waals surface area contributed by atoms with Crippen molar-refractivity contribution in [1.29, 1.82) is 0 Å². The molecule has 0 amide bonds. The number of nitrogens with zero attached hydrogens (tertiary/aromatic N) is 3. The van der Waals surface area contributed by atoms with Crippen LogP contribution in [-0.4, -0.2) is 32.1 Å². The number of aryl methyl sites for hydroxylation is 2. The third-order valence-corrected chi connectivity index (χ3v) is 5.81. The largest absolute Gasteiger partial charge is 0.490 e. The van der Waals surface area contributed by atoms with Crippen molar-refractivity contribution in [3.63, 3.8) is 0 Å². The van der Waals surface area contributed by atoms with E-state index < -0.39 is 5.97 Å². The number of halogens is 1. The standard InChI is InChI=1S/C24H20ClN3O5/c1-12-6-14(7-13(2)20(12)31-18-8-15(9-18)23(29)30)21-27-19-11-26-24(28-22(19)33-21)32-17-5-3-4-16(25)10-17/h3-7,10-11,15,18H,8-9H2,1-2H3,(H,29,30). The van der Waals surface area contributed by atoms with Crippen LogP contribution in [0.15, 0.2) is 47.0 Å². The lowest BCUT2D eigenvalue weighted by molar-refractivity contribution is -0.147. The van der Waals surface area contributed by atoms with Crippen molar-refractivity contribution in [2.45, 2.75) is 32.8 Å². The zero-order valence-corrected chi connectivity index (χ0v) is 18.7. The minimum atomic E-state index is -0.765. The van der Waals surface area contributed by atoms with Crippen LogP contribution in [0.1, 0.15) is 24.0 Å². The fourth-order valence-corrected chi connectivity index (χ4v) is 4.00. The van der Waals surface area contributed by atoms with Crippen LogP contribution in [0, 0.1) is 19.8 Å². The number of fused-ring (bicyclic) bond motifs is 1. The average molecular weight is 466 g/mol. The fourth-order valence-electron chi connectivity index (χ4n) is 3.82. The summed E-state index contributed by atoms with van der Waals surface area (Å²) in [4.78, 5) is 24.0. The Balaban J connectivity index is 1.37. The van der Waals surface area contributed by atoms with Gasteiger partial charge < -0.3 is 19.0 Å². The van der Waals surface area contributed by atoms with Crippen LogP contribution in [0.3, 0.4) is 0 Å². The fraction of sp³-hybridized carbons (Fsp3) is 0.250. The van der Waals surface area contributed by atoms with E-state index >= 15 is 0 Å². The number of benzene rings is 2. The van der Waals surface area contributed by atoms with Gasteiger partial charge in [-0.1, -0.05) is 17.7 Å². The van der Waals surface area contributed by atoms with Gasteiger partial charge >= 0.3 is 12.0 Å². The minimum absolute atomic E-state index is 0.0770. The lowest BCUT2D eigenvalue weighted by atomic mass is 9.82. The molecule has 9 heteroatoms. The third kappa shape index (κ3) is 4.34. The number of rotatable bonds is 6. The predicted molar refractivity (Wildman–Crippen MR) is 121 cm³/mol. The van der Waals surface area contributed by atoms with Crippen LogP contribution in [0.4, 0.5) is 0 Å². The van der Waals surface area contributed by atoms with Crippen molar-refractivity contribution in [2.24, 2.45) is 5.92 Å². The van der Waals surface area contributed by atoms with Crippen molar-refractivity contribution in [1.82, 2.24) is 15.0 Å². The highest BCUT2D eigenvalue weighted by atomic mass is 35.5. The molecule has 4 aromatic rings. The molecule has 2 heterocycles. The van der Waals surface area contributed by atoms with Gasteiger partial charge in [-0.15, -0.1) is 0 Å². The Morgan fingerprint density at radius 2 is 1.91 bits per heavy atom. The molecule has 0 radical (unpaired) electrons. The van der Waals surface area contributed by atoms with E-state index in [1.54, 1.807) is 30.5 Å². The van der Waals surface area contributed by atoms with E-state index in [1.165, 1.54) is 0 Å². The molecule has 0 spiro atoms. The molecule has 1 aliphatic carbocycles. The number of hydrogen-bond donors (Lipinski definition) is 1. The van der Waals surface area contributed by atoms with Gasteiger partial charge in [0, 0.05) is 10.6 Å². The van der Waals surface area contributed by atoms with Gasteiger partial charge in [0.15, 0.2) is 0 Å². The van der Waals surface area contributed by atoms with Gasteiger partial charge in [-0.25, -0.2) is 9.97 Å². The van der Waals surface area contributed by atoms with Gasteiger partial charge in [-0.05, 0) is 68.1 Å². The molecule has 1 N–H and O–H groups in total. The van der Waals surface area contributed by atoms with Crippen molar-refractivity contribution >= 4 is 28.8 Å². The second kappa shape index (κ2) is 8.37. The second-order valence-electron chi connectivity index (χ2n) is 8.11. The summed E-state index contributed by atoms with van der Waals surface area (Å²) >= 11 is 5.99. The maximum atomic E-state index is 11.0. The number of ether oxygens (including phenoxy) is 2. The second-order valence-corrected chi connectivity index (χ2v) is 8.54. The Morgan fingerprint density at radius 1 is 1.15 bits per heavy atom. The molecular weight excluding hydrogens is 446 g/mol. The summed E-state index contributed by atoms with van der Waals surface area (Å²) in [6.07, 6.45) is 2.52. The van der Waals surface area contributed by atoms with E-state index in [2.05, 4.69) is 15.0 Å². The first-order valence-electron chi connectivity index (χ1n) is 10.4. The molecule has 8 nitrogen and oxygen atoms in total. The third-order valence-electron chi connectivity index (χ3n) is 5.57. The summed E-state index contributed by atoms with van der Waals surface area (Å²) < 4.78 is 17.6. The monoisotopic (exact) mass is 465 g/mol. The highest BCUT2D eigenvalue weighted by molar-refractivity contribution is 6.30. The normalized spacial score (nSPS) is 17.5. The Labute approximate surface area is 194 Å². The SMILES string of the molecule is Cc1cc(-c2nc3cnc(Oc4cccc(Cl)c4)nc3o2)cc(C)c1OC1CC(C(=O)O)C1. The zero-order chi connectivity index (χ0) is 23.1. The van der Waals surface area contributed by atoms with E-state index in [1.807, 2.05) is 26.0 Å². The zero-order valence-electron chi connectivity index (χ0n) is 17.9. The molecule has 1 aliphatic rings. The molecule has 2 aromatic carbocycles. The topological polar surface area (TPSA) is 108 Å². The smallest absolute Gasteiger partial charge is 0.325 e. The number of carboxylic acids is 1. The maximum absolute atomic E-state index is 11.0. The molecular formula is C24H20ClN3O5. The van der Waals surface area contributed by atoms with Crippen LogP contribution in [0.25, 0.3) is 22.7 Å². The number of carboxylic acid groups (broad SMARTS) is 1. The first-order valence-corrected chi connectivity index (χ1v) is 10.8. The molecule has 5 rings (SSSR count). The predicted octanol–water partition coefficient (Wildman–Crippen LogP) is 5.59. The van der Waals surface area contributed by atoms with Crippen LogP contribution in [0.2, 0.25) is 5.02 Å². The average Bonchev–Trinajstić information content (AvgIpc) is 3.15. The van der Waals surface area contributed by atoms with Gasteiger partial charge in [0.25, 0.3) is 5.71 Å². The molecule has 0 bridgehead atoms. The van der Waals surface area contributed by atoms with Crippen molar-refractivity contribution in [3.8, 4) is 29.0 Å². The van der Waals surface area contributed by atoms with Crippen LogP contribution in [0.5, 0.6) is 17.5 Å². The number of oxazole rings is 1. The molecule has 0 saturated heterocycles. The number of carbonyl (C=O) groups is 1. The lowest BCUT2D eigenvalue weighted by Gasteiger charge is -2.33. The van der Waals surface area contributed by atoms with Crippen LogP contribution < -0.4 is 9.47 Å². The minimum Gasteiger partial charge on any atom is -0.490 e. The molecule has 0 atom stereocenters. The molecule has 1 saturated carbocycles. The van der Waals surface area contributed by atoms with E-state index in [0.29, 0.717) is 40.7 Å². The first-order chi connectivity index (χ1) is 15.9. The highest BCUT2D eigenvalue weighted by Gasteiger charge is 2.36. The Hall–Kier alpha value is -3.65. The Morgan fingerprint density at radius 3 is 2.61 bits per heavy atom. The van der Waals surface area contributed by atoms with Crippen LogP contribution in [-0.2, 0) is 4.79 Å². The van der Waals surface area contributed by atoms with E-state index in [0.717, 1.165) is 22.4 Å². The summed E-state index contributed by atoms with van der Waals surface area (Å²) in [6, 6.07) is 10.9. The molecule has 2 aromatic heterocycles. The van der Waals surface area contributed by atoms with Gasteiger partial charge in [0.05, 0.1) is 12.1 Å². The van der Waals surface area contributed by atoms with Gasteiger partial charge in [-0.3, -0.25) is 4.79 Å². The van der Waals surface area contributed by atoms with Gasteiger partial charge in [-0.2, -0.15) is 4.98 Å². The van der Waals surface area contributed by atoms with Crippen molar-refractivity contribution < 1.29 is 23.8 Å². The van der Waals surface area contributed by atoms with E-state index in [-0.39, 0.29) is 18.0 Å². The summed E-state index contributed by atoms with van der Waals surface area (Å²) in [6.45, 7) is 3.89. The van der Waals surface area contributed by atoms with Crippen molar-refractivity contribution in [3.05, 3.63) is 58.7 Å². The number of hydrogen-bond acceptors (Lipinski definition) is 7. The van der Waals surface area contributed by atoms with Gasteiger partial charge in [0.2, 0.25) is 5.89 Å². The quantitative estimate of drug-likeness (QED) is 0.392. The molecule has 0 aliphatic heterocycles. The molecule has 33 heavy (non-hydrogen) atoms. The van der Waals surface area contributed by atoms with Gasteiger partial charge in [0.1, 0.15) is 23.1 Å². The summed E-state index contributed by atoms with van der Waals surface area (Å²) in [7, 11) is 0. The van der Waals surface area contributed by atoms with E-state index in [4.69, 9.17) is 30.6 Å². The van der Waals surface area contributed by atoms with Crippen molar-refractivity contribution in [2.75, 3.05) is 0 Å². The Kier molecular flexibility index (Phi) is 5.38. The Bertz CT molecular complexity index is 1340. The summed E-state index contributed by atoms with van der Waals surface area (Å²) in [5.41, 5.74) is 3.43. The highest BCUT2D eigenvalue weighted by Crippen LogP contribution is 2.36. The summed E-state index contributed by atoms with van der Waals surface area (Å²) in [5, 5.41) is 9.60. The molecule has 0 unspecified atom stereocenters. The lowest BCUT2D eigenvalue weighted by Crippen LogP contribution is -2.38. The van der Waals surface area contributed by atoms with E-state index in [9.17, 15) is 4.79 Å². The summed E-state index contributed by atoms with van der Waals surface area (Å²) in [5.74, 6) is 0.610. The molecule has 1 fully saturated rings. The molecule has 168 valence electrons. The maximum Gasteiger partial charge on any atom is 0.325 e. The van der Waals surface area contributed by atoms with Crippen LogP contribution >= 0.6 is 11.6 Å². The first kappa shape index (κ1) is 21.2. The number of aromatic nitrogens is 3. The number of aliphatic carboxylic acids is 1.